The highest BCUT2D eigenvalue weighted by molar-refractivity contribution is 7.17. The van der Waals surface area contributed by atoms with Crippen LogP contribution in [0.25, 0.3) is 0 Å². The van der Waals surface area contributed by atoms with Crippen LogP contribution in [0.5, 0.6) is 17.2 Å². The third-order valence-electron chi connectivity index (χ3n) is 5.32. The molecule has 0 bridgehead atoms. The maximum Gasteiger partial charge on any atom is 0.419 e. The predicted octanol–water partition coefficient (Wildman–Crippen LogP) is 4.58. The van der Waals surface area contributed by atoms with E-state index in [2.05, 4.69) is 0 Å². The molecule has 0 aliphatic rings. The van der Waals surface area contributed by atoms with Crippen molar-refractivity contribution in [2.24, 2.45) is 5.73 Å². The first kappa shape index (κ1) is 27.9. The Balaban J connectivity index is 2.03. The van der Waals surface area contributed by atoms with Gasteiger partial charge in [-0.2, -0.15) is 13.2 Å². The van der Waals surface area contributed by atoms with Crippen molar-refractivity contribution < 1.29 is 41.6 Å². The van der Waals surface area contributed by atoms with Gasteiger partial charge in [0.1, 0.15) is 17.2 Å². The predicted molar refractivity (Wildman–Crippen MR) is 121 cm³/mol. The molecule has 2 aromatic rings. The van der Waals surface area contributed by atoms with Crippen molar-refractivity contribution in [2.75, 3.05) is 34.0 Å². The molecular weight excluding hydrogens is 474 g/mol. The van der Waals surface area contributed by atoms with Crippen LogP contribution in [0.1, 0.15) is 29.5 Å². The zero-order valence-electron chi connectivity index (χ0n) is 19.1. The van der Waals surface area contributed by atoms with E-state index in [-0.39, 0.29) is 31.8 Å². The van der Waals surface area contributed by atoms with Crippen molar-refractivity contribution in [2.45, 2.75) is 37.4 Å². The molecule has 1 unspecified atom stereocenters. The van der Waals surface area contributed by atoms with Crippen LogP contribution < -0.4 is 19.9 Å². The summed E-state index contributed by atoms with van der Waals surface area (Å²) in [6.07, 6.45) is -3.27. The maximum atomic E-state index is 13.7. The highest BCUT2D eigenvalue weighted by atomic mass is 31.1. The summed E-state index contributed by atoms with van der Waals surface area (Å²) in [5.74, 6) is 1.03. The molecule has 0 saturated carbocycles. The minimum absolute atomic E-state index is 0.0831. The van der Waals surface area contributed by atoms with Crippen LogP contribution in [0.4, 0.5) is 13.2 Å². The molecule has 0 heterocycles. The molecule has 0 fully saturated rings. The normalized spacial score (nSPS) is 13.5. The molecular formula is C23H29F3NO6P. The van der Waals surface area contributed by atoms with E-state index < -0.39 is 32.6 Å². The number of aliphatic hydroxyl groups is 1. The number of methoxy groups -OCH3 is 2. The molecule has 188 valence electrons. The Bertz CT molecular complexity index is 943. The third-order valence-corrected chi connectivity index (χ3v) is 5.56. The van der Waals surface area contributed by atoms with E-state index in [1.165, 1.54) is 19.2 Å². The summed E-state index contributed by atoms with van der Waals surface area (Å²) < 4.78 is 72.1. The van der Waals surface area contributed by atoms with Gasteiger partial charge in [0, 0.05) is 6.07 Å². The van der Waals surface area contributed by atoms with Gasteiger partial charge in [0.2, 0.25) is 0 Å². The minimum Gasteiger partial charge on any atom is -0.497 e. The Morgan fingerprint density at radius 1 is 1.03 bits per heavy atom. The van der Waals surface area contributed by atoms with Crippen LogP contribution in [0.2, 0.25) is 0 Å². The Hall–Kier alpha value is -2.39. The minimum atomic E-state index is -4.61. The standard InChI is InChI=1S/C23H29F3NO6P/c1-30-18-7-6-17(21(13-18)31-2)4-3-11-32-20-8-5-16(12-19(20)23(24,25)26)9-10-22(27,14-28)15-33-34-29/h5-8,12-13,28H,3-4,9-11,14-15,27H2,1-2H3. The average molecular weight is 503 g/mol. The number of ether oxygens (including phenoxy) is 3. The molecule has 0 amide bonds. The fraction of sp³-hybridized carbons (Fsp3) is 0.478. The molecule has 1 atom stereocenters. The van der Waals surface area contributed by atoms with Gasteiger partial charge in [-0.1, -0.05) is 12.1 Å². The lowest BCUT2D eigenvalue weighted by Gasteiger charge is -2.25. The highest BCUT2D eigenvalue weighted by Crippen LogP contribution is 2.37. The number of aliphatic hydroxyl groups excluding tert-OH is 1. The number of rotatable bonds is 14. The van der Waals surface area contributed by atoms with Crippen LogP contribution in [0.3, 0.4) is 0 Å². The van der Waals surface area contributed by atoms with Gasteiger partial charge in [-0.15, -0.1) is 0 Å². The van der Waals surface area contributed by atoms with Crippen LogP contribution in [0.15, 0.2) is 36.4 Å². The topological polar surface area (TPSA) is 100 Å². The summed E-state index contributed by atoms with van der Waals surface area (Å²) in [4.78, 5) is 0. The highest BCUT2D eigenvalue weighted by Gasteiger charge is 2.35. The number of hydrogen-bond donors (Lipinski definition) is 2. The Morgan fingerprint density at radius 2 is 1.79 bits per heavy atom. The van der Waals surface area contributed by atoms with E-state index in [4.69, 9.17) is 24.5 Å². The fourth-order valence-corrected chi connectivity index (χ4v) is 3.64. The summed E-state index contributed by atoms with van der Waals surface area (Å²) in [6, 6.07) is 9.22. The number of hydrogen-bond acceptors (Lipinski definition) is 7. The first-order chi connectivity index (χ1) is 16.2. The van der Waals surface area contributed by atoms with Gasteiger partial charge in [0.15, 0.2) is 0 Å². The van der Waals surface area contributed by atoms with Crippen LogP contribution >= 0.6 is 8.69 Å². The molecule has 7 nitrogen and oxygen atoms in total. The maximum absolute atomic E-state index is 13.7. The van der Waals surface area contributed by atoms with E-state index in [0.29, 0.717) is 29.9 Å². The summed E-state index contributed by atoms with van der Waals surface area (Å²) in [7, 11) is 2.50. The van der Waals surface area contributed by atoms with Crippen molar-refractivity contribution in [3.05, 3.63) is 53.1 Å². The third kappa shape index (κ3) is 8.13. The second kappa shape index (κ2) is 12.9. The monoisotopic (exact) mass is 503 g/mol. The average Bonchev–Trinajstić information content (AvgIpc) is 2.83. The number of halogens is 3. The second-order valence-electron chi connectivity index (χ2n) is 7.83. The first-order valence-corrected chi connectivity index (χ1v) is 11.3. The van der Waals surface area contributed by atoms with Gasteiger partial charge in [0.05, 0.1) is 45.1 Å². The van der Waals surface area contributed by atoms with Gasteiger partial charge >= 0.3 is 14.9 Å². The summed E-state index contributed by atoms with van der Waals surface area (Å²) in [5.41, 5.74) is 5.15. The van der Waals surface area contributed by atoms with Crippen molar-refractivity contribution in [1.29, 1.82) is 0 Å². The smallest absolute Gasteiger partial charge is 0.419 e. The Morgan fingerprint density at radius 3 is 2.41 bits per heavy atom. The van der Waals surface area contributed by atoms with Crippen LogP contribution in [0, 0.1) is 0 Å². The molecule has 0 radical (unpaired) electrons. The quantitative estimate of drug-likeness (QED) is 0.288. The van der Waals surface area contributed by atoms with Gasteiger partial charge in [0.25, 0.3) is 0 Å². The lowest BCUT2D eigenvalue weighted by Crippen LogP contribution is -2.47. The Labute approximate surface area is 198 Å². The number of nitrogens with two attached hydrogens (primary N) is 1. The number of alkyl halides is 3. The van der Waals surface area contributed by atoms with Crippen molar-refractivity contribution in [3.8, 4) is 17.2 Å². The molecule has 0 aliphatic heterocycles. The number of aryl methyl sites for hydroxylation is 2. The largest absolute Gasteiger partial charge is 0.497 e. The summed E-state index contributed by atoms with van der Waals surface area (Å²) in [5, 5.41) is 9.46. The zero-order chi connectivity index (χ0) is 25.2. The van der Waals surface area contributed by atoms with Crippen molar-refractivity contribution >= 4 is 8.69 Å². The molecule has 3 N–H and O–H groups in total. The van der Waals surface area contributed by atoms with Gasteiger partial charge < -0.3 is 25.1 Å². The molecule has 0 saturated heterocycles. The van der Waals surface area contributed by atoms with E-state index in [1.54, 1.807) is 19.2 Å². The van der Waals surface area contributed by atoms with E-state index in [1.807, 2.05) is 6.07 Å². The lowest BCUT2D eigenvalue weighted by atomic mass is 9.93. The van der Waals surface area contributed by atoms with Gasteiger partial charge in [-0.3, -0.25) is 4.52 Å². The van der Waals surface area contributed by atoms with Crippen LogP contribution in [-0.4, -0.2) is 44.7 Å². The molecule has 0 aliphatic carbocycles. The van der Waals surface area contributed by atoms with E-state index in [0.717, 1.165) is 11.6 Å². The van der Waals surface area contributed by atoms with Crippen molar-refractivity contribution in [1.82, 2.24) is 0 Å². The van der Waals surface area contributed by atoms with Crippen LogP contribution in [-0.2, 0) is 28.1 Å². The SMILES string of the molecule is COc1ccc(CCCOc2ccc(CCC(N)(CO)COP=O)cc2C(F)(F)F)c(OC)c1. The fourth-order valence-electron chi connectivity index (χ4n) is 3.33. The second-order valence-corrected chi connectivity index (χ2v) is 8.23. The molecule has 0 spiro atoms. The van der Waals surface area contributed by atoms with Crippen molar-refractivity contribution in [3.63, 3.8) is 0 Å². The number of benzene rings is 2. The molecule has 2 aromatic carbocycles. The van der Waals surface area contributed by atoms with E-state index >= 15 is 0 Å². The van der Waals surface area contributed by atoms with Gasteiger partial charge in [-0.05, 0) is 55.0 Å². The van der Waals surface area contributed by atoms with E-state index in [9.17, 15) is 22.8 Å². The molecule has 34 heavy (non-hydrogen) atoms. The van der Waals surface area contributed by atoms with Gasteiger partial charge in [-0.25, -0.2) is 4.57 Å². The summed E-state index contributed by atoms with van der Waals surface area (Å²) >= 11 is 0. The zero-order valence-corrected chi connectivity index (χ0v) is 20.0. The molecule has 11 heteroatoms. The molecule has 0 aromatic heterocycles. The molecule has 2 rings (SSSR count). The summed E-state index contributed by atoms with van der Waals surface area (Å²) in [6.45, 7) is -0.574. The lowest BCUT2D eigenvalue weighted by molar-refractivity contribution is -0.139. The Kier molecular flexibility index (Phi) is 10.6. The first-order valence-electron chi connectivity index (χ1n) is 10.5.